The summed E-state index contributed by atoms with van der Waals surface area (Å²) in [6, 6.07) is 4.58. The van der Waals surface area contributed by atoms with E-state index in [9.17, 15) is 0 Å². The first kappa shape index (κ1) is 7.81. The second kappa shape index (κ2) is 2.91. The van der Waals surface area contributed by atoms with Crippen molar-refractivity contribution in [1.82, 2.24) is 5.32 Å². The van der Waals surface area contributed by atoms with Crippen LogP contribution in [0.15, 0.2) is 12.1 Å². The molecule has 0 saturated carbocycles. The number of hydrogen-bond donors (Lipinski definition) is 1. The molecule has 0 radical (unpaired) electrons. The van der Waals surface area contributed by atoms with Crippen LogP contribution in [-0.2, 0) is 13.0 Å². The van der Waals surface area contributed by atoms with Gasteiger partial charge in [-0.15, -0.1) is 0 Å². The average Bonchev–Trinajstić information content (AvgIpc) is 2.04. The Morgan fingerprint density at radius 1 is 1.25 bits per heavy atom. The third-order valence-corrected chi connectivity index (χ3v) is 2.58. The van der Waals surface area contributed by atoms with E-state index in [0.29, 0.717) is 0 Å². The Hall–Kier alpha value is -0.820. The van der Waals surface area contributed by atoms with Crippen molar-refractivity contribution in [3.63, 3.8) is 0 Å². The predicted octanol–water partition coefficient (Wildman–Crippen LogP) is 1.95. The highest BCUT2D eigenvalue weighted by molar-refractivity contribution is 5.39. The summed E-state index contributed by atoms with van der Waals surface area (Å²) in [5.41, 5.74) is 5.92. The molecule has 1 nitrogen and oxygen atoms in total. The molecule has 1 aromatic rings. The van der Waals surface area contributed by atoms with Gasteiger partial charge in [-0.05, 0) is 43.5 Å². The normalized spacial score (nSPS) is 15.8. The predicted molar refractivity (Wildman–Crippen MR) is 51.3 cm³/mol. The van der Waals surface area contributed by atoms with E-state index in [0.717, 1.165) is 13.1 Å². The SMILES string of the molecule is Cc1cc(C)c2c(c1)CNCC2. The smallest absolute Gasteiger partial charge is 0.0208 e. The minimum atomic E-state index is 1.05. The van der Waals surface area contributed by atoms with E-state index in [1.54, 1.807) is 5.56 Å². The van der Waals surface area contributed by atoms with E-state index in [1.165, 1.54) is 23.1 Å². The summed E-state index contributed by atoms with van der Waals surface area (Å²) < 4.78 is 0. The van der Waals surface area contributed by atoms with Crippen LogP contribution >= 0.6 is 0 Å². The zero-order valence-corrected chi connectivity index (χ0v) is 7.78. The van der Waals surface area contributed by atoms with Gasteiger partial charge in [0.05, 0.1) is 0 Å². The Morgan fingerprint density at radius 2 is 2.08 bits per heavy atom. The molecule has 0 saturated heterocycles. The van der Waals surface area contributed by atoms with Gasteiger partial charge in [0.2, 0.25) is 0 Å². The van der Waals surface area contributed by atoms with E-state index < -0.39 is 0 Å². The topological polar surface area (TPSA) is 12.0 Å². The second-order valence-corrected chi connectivity index (χ2v) is 3.65. The average molecular weight is 161 g/mol. The van der Waals surface area contributed by atoms with Crippen molar-refractivity contribution in [2.24, 2.45) is 0 Å². The van der Waals surface area contributed by atoms with E-state index in [4.69, 9.17) is 0 Å². The molecule has 0 aromatic heterocycles. The van der Waals surface area contributed by atoms with Crippen LogP contribution in [0.3, 0.4) is 0 Å². The van der Waals surface area contributed by atoms with E-state index >= 15 is 0 Å². The summed E-state index contributed by atoms with van der Waals surface area (Å²) in [5, 5.41) is 3.40. The number of aryl methyl sites for hydroxylation is 2. The molecule has 0 spiro atoms. The van der Waals surface area contributed by atoms with Crippen LogP contribution in [0, 0.1) is 13.8 Å². The van der Waals surface area contributed by atoms with E-state index in [1.807, 2.05) is 0 Å². The lowest BCUT2D eigenvalue weighted by molar-refractivity contribution is 0.640. The molecule has 12 heavy (non-hydrogen) atoms. The monoisotopic (exact) mass is 161 g/mol. The van der Waals surface area contributed by atoms with Crippen molar-refractivity contribution in [1.29, 1.82) is 0 Å². The van der Waals surface area contributed by atoms with Crippen molar-refractivity contribution < 1.29 is 0 Å². The van der Waals surface area contributed by atoms with Crippen LogP contribution in [-0.4, -0.2) is 6.54 Å². The number of benzene rings is 1. The molecule has 1 N–H and O–H groups in total. The molecular formula is C11H15N. The zero-order valence-electron chi connectivity index (χ0n) is 7.78. The molecular weight excluding hydrogens is 146 g/mol. The van der Waals surface area contributed by atoms with Crippen LogP contribution < -0.4 is 5.32 Å². The molecule has 1 aromatic carbocycles. The van der Waals surface area contributed by atoms with Crippen LogP contribution in [0.25, 0.3) is 0 Å². The molecule has 1 heteroatoms. The van der Waals surface area contributed by atoms with Gasteiger partial charge >= 0.3 is 0 Å². The van der Waals surface area contributed by atoms with Gasteiger partial charge in [0.1, 0.15) is 0 Å². The minimum Gasteiger partial charge on any atom is -0.312 e. The lowest BCUT2D eigenvalue weighted by Crippen LogP contribution is -2.24. The van der Waals surface area contributed by atoms with Crippen molar-refractivity contribution in [3.05, 3.63) is 34.4 Å². The van der Waals surface area contributed by atoms with Gasteiger partial charge in [-0.25, -0.2) is 0 Å². The van der Waals surface area contributed by atoms with Gasteiger partial charge in [-0.3, -0.25) is 0 Å². The molecule has 0 atom stereocenters. The lowest BCUT2D eigenvalue weighted by atomic mass is 9.94. The summed E-state index contributed by atoms with van der Waals surface area (Å²) >= 11 is 0. The first-order valence-corrected chi connectivity index (χ1v) is 4.57. The Labute approximate surface area is 73.8 Å². The number of rotatable bonds is 0. The molecule has 2 rings (SSSR count). The summed E-state index contributed by atoms with van der Waals surface area (Å²) in [7, 11) is 0. The molecule has 0 fully saturated rings. The molecule has 0 amide bonds. The van der Waals surface area contributed by atoms with E-state index in [-0.39, 0.29) is 0 Å². The van der Waals surface area contributed by atoms with Gasteiger partial charge in [-0.1, -0.05) is 17.7 Å². The molecule has 0 unspecified atom stereocenters. The van der Waals surface area contributed by atoms with Gasteiger partial charge in [-0.2, -0.15) is 0 Å². The van der Waals surface area contributed by atoms with Crippen molar-refractivity contribution >= 4 is 0 Å². The van der Waals surface area contributed by atoms with Crippen molar-refractivity contribution in [2.75, 3.05) is 6.54 Å². The molecule has 1 aliphatic rings. The number of hydrogen-bond acceptors (Lipinski definition) is 1. The van der Waals surface area contributed by atoms with Crippen molar-refractivity contribution in [3.8, 4) is 0 Å². The maximum atomic E-state index is 3.40. The largest absolute Gasteiger partial charge is 0.312 e. The summed E-state index contributed by atoms with van der Waals surface area (Å²) in [4.78, 5) is 0. The van der Waals surface area contributed by atoms with Crippen molar-refractivity contribution in [2.45, 2.75) is 26.8 Å². The number of fused-ring (bicyclic) bond motifs is 1. The van der Waals surface area contributed by atoms with Crippen LogP contribution in [0.5, 0.6) is 0 Å². The Kier molecular flexibility index (Phi) is 1.89. The second-order valence-electron chi connectivity index (χ2n) is 3.65. The van der Waals surface area contributed by atoms with Gasteiger partial charge in [0.25, 0.3) is 0 Å². The quantitative estimate of drug-likeness (QED) is 0.613. The Balaban J connectivity index is 2.53. The highest BCUT2D eigenvalue weighted by atomic mass is 14.9. The molecule has 1 heterocycles. The Morgan fingerprint density at radius 3 is 2.92 bits per heavy atom. The standard InChI is InChI=1S/C11H15N/c1-8-5-9(2)11-3-4-12-7-10(11)6-8/h5-6,12H,3-4,7H2,1-2H3. The van der Waals surface area contributed by atoms with E-state index in [2.05, 4.69) is 31.3 Å². The summed E-state index contributed by atoms with van der Waals surface area (Å²) in [6.07, 6.45) is 1.20. The third kappa shape index (κ3) is 1.25. The first-order chi connectivity index (χ1) is 5.77. The molecule has 1 aliphatic heterocycles. The number of nitrogens with one attached hydrogen (secondary N) is 1. The summed E-state index contributed by atoms with van der Waals surface area (Å²) in [5.74, 6) is 0. The first-order valence-electron chi connectivity index (χ1n) is 4.57. The molecule has 0 bridgehead atoms. The minimum absolute atomic E-state index is 1.05. The van der Waals surface area contributed by atoms with Crippen LogP contribution in [0.1, 0.15) is 22.3 Å². The maximum Gasteiger partial charge on any atom is 0.0208 e. The summed E-state index contributed by atoms with van der Waals surface area (Å²) in [6.45, 7) is 6.58. The third-order valence-electron chi connectivity index (χ3n) is 2.58. The Bertz CT molecular complexity index is 302. The zero-order chi connectivity index (χ0) is 8.55. The molecule has 0 aliphatic carbocycles. The van der Waals surface area contributed by atoms with Crippen LogP contribution in [0.2, 0.25) is 0 Å². The molecule has 64 valence electrons. The highest BCUT2D eigenvalue weighted by Crippen LogP contribution is 2.19. The maximum absolute atomic E-state index is 3.40. The highest BCUT2D eigenvalue weighted by Gasteiger charge is 2.10. The fourth-order valence-corrected chi connectivity index (χ4v) is 2.04. The van der Waals surface area contributed by atoms with Gasteiger partial charge in [0, 0.05) is 6.54 Å². The van der Waals surface area contributed by atoms with Crippen LogP contribution in [0.4, 0.5) is 0 Å². The lowest BCUT2D eigenvalue weighted by Gasteiger charge is -2.19. The van der Waals surface area contributed by atoms with Gasteiger partial charge < -0.3 is 5.32 Å². The fourth-order valence-electron chi connectivity index (χ4n) is 2.04. The fraction of sp³-hybridized carbons (Fsp3) is 0.455. The van der Waals surface area contributed by atoms with Gasteiger partial charge in [0.15, 0.2) is 0 Å².